The second-order valence-electron chi connectivity index (χ2n) is 3.77. The number of aliphatic hydroxyl groups excluding tert-OH is 1. The highest BCUT2D eigenvalue weighted by Crippen LogP contribution is 2.13. The van der Waals surface area contributed by atoms with Crippen molar-refractivity contribution >= 4 is 0 Å². The molecule has 0 aromatic rings. The van der Waals surface area contributed by atoms with Gasteiger partial charge in [0.1, 0.15) is 0 Å². The van der Waals surface area contributed by atoms with Gasteiger partial charge in [0.05, 0.1) is 24.9 Å². The molecule has 1 N–H and O–H groups in total. The van der Waals surface area contributed by atoms with E-state index in [0.717, 1.165) is 13.0 Å². The van der Waals surface area contributed by atoms with Crippen molar-refractivity contribution in [3.05, 3.63) is 0 Å². The molecule has 2 unspecified atom stereocenters. The summed E-state index contributed by atoms with van der Waals surface area (Å²) in [6.45, 7) is 5.10. The fourth-order valence-electron chi connectivity index (χ4n) is 1.34. The van der Waals surface area contributed by atoms with E-state index < -0.39 is 6.10 Å². The Morgan fingerprint density at radius 2 is 2.23 bits per heavy atom. The van der Waals surface area contributed by atoms with Crippen LogP contribution in [0.15, 0.2) is 0 Å². The van der Waals surface area contributed by atoms with Crippen LogP contribution in [0.1, 0.15) is 33.1 Å². The molecule has 13 heavy (non-hydrogen) atoms. The minimum Gasteiger partial charge on any atom is -0.391 e. The normalized spacial score (nSPS) is 28.4. The minimum absolute atomic E-state index is 0.0921. The Balaban J connectivity index is 2.10. The molecule has 1 saturated heterocycles. The van der Waals surface area contributed by atoms with Crippen LogP contribution in [0.5, 0.6) is 0 Å². The van der Waals surface area contributed by atoms with Gasteiger partial charge in [-0.2, -0.15) is 0 Å². The molecule has 0 saturated carbocycles. The highest BCUT2D eigenvalue weighted by Gasteiger charge is 2.16. The molecule has 0 spiro atoms. The highest BCUT2D eigenvalue weighted by atomic mass is 16.5. The quantitative estimate of drug-likeness (QED) is 0.723. The maximum absolute atomic E-state index is 9.18. The van der Waals surface area contributed by atoms with Gasteiger partial charge in [-0.25, -0.2) is 0 Å². The van der Waals surface area contributed by atoms with E-state index in [1.807, 2.05) is 6.92 Å². The fraction of sp³-hybridized carbons (Fsp3) is 1.00. The lowest BCUT2D eigenvalue weighted by atomic mass is 10.1. The summed E-state index contributed by atoms with van der Waals surface area (Å²) in [5, 5.41) is 9.18. The zero-order valence-corrected chi connectivity index (χ0v) is 8.53. The fourth-order valence-corrected chi connectivity index (χ4v) is 1.34. The van der Waals surface area contributed by atoms with E-state index in [9.17, 15) is 5.11 Å². The number of rotatable bonds is 4. The molecular formula is C10H20O3. The van der Waals surface area contributed by atoms with E-state index in [2.05, 4.69) is 0 Å². The standard InChI is InChI=1S/C10H20O3/c1-8(11)9(2)13-7-10-5-3-4-6-12-10/h8-11H,3-7H2,1-2H3/t8-,9?,10?/m1/s1. The van der Waals surface area contributed by atoms with E-state index in [1.165, 1.54) is 12.8 Å². The van der Waals surface area contributed by atoms with Crippen LogP contribution in [0.25, 0.3) is 0 Å². The van der Waals surface area contributed by atoms with Crippen LogP contribution >= 0.6 is 0 Å². The molecule has 0 bridgehead atoms. The lowest BCUT2D eigenvalue weighted by molar-refractivity contribution is -0.0841. The van der Waals surface area contributed by atoms with Crippen LogP contribution in [-0.2, 0) is 9.47 Å². The van der Waals surface area contributed by atoms with Gasteiger partial charge in [-0.15, -0.1) is 0 Å². The first-order valence-corrected chi connectivity index (χ1v) is 5.11. The van der Waals surface area contributed by atoms with Crippen LogP contribution in [0.2, 0.25) is 0 Å². The van der Waals surface area contributed by atoms with Crippen molar-refractivity contribution in [2.24, 2.45) is 0 Å². The predicted octanol–water partition coefficient (Wildman–Crippen LogP) is 1.34. The Labute approximate surface area is 80.0 Å². The van der Waals surface area contributed by atoms with Crippen molar-refractivity contribution < 1.29 is 14.6 Å². The maximum atomic E-state index is 9.18. The highest BCUT2D eigenvalue weighted by molar-refractivity contribution is 4.65. The van der Waals surface area contributed by atoms with Crippen molar-refractivity contribution in [3.8, 4) is 0 Å². The zero-order valence-electron chi connectivity index (χ0n) is 8.53. The molecule has 3 nitrogen and oxygen atoms in total. The molecule has 0 radical (unpaired) electrons. The van der Waals surface area contributed by atoms with Gasteiger partial charge in [0, 0.05) is 6.61 Å². The third-order valence-corrected chi connectivity index (χ3v) is 2.50. The number of ether oxygens (including phenoxy) is 2. The Hall–Kier alpha value is -0.120. The van der Waals surface area contributed by atoms with E-state index >= 15 is 0 Å². The van der Waals surface area contributed by atoms with E-state index in [1.54, 1.807) is 6.92 Å². The molecule has 1 fully saturated rings. The molecule has 0 aliphatic carbocycles. The van der Waals surface area contributed by atoms with Gasteiger partial charge >= 0.3 is 0 Å². The summed E-state index contributed by atoms with van der Waals surface area (Å²) >= 11 is 0. The van der Waals surface area contributed by atoms with Gasteiger partial charge in [-0.05, 0) is 33.1 Å². The van der Waals surface area contributed by atoms with Gasteiger partial charge < -0.3 is 14.6 Å². The smallest absolute Gasteiger partial charge is 0.0808 e. The third-order valence-electron chi connectivity index (χ3n) is 2.50. The topological polar surface area (TPSA) is 38.7 Å². The average Bonchev–Trinajstić information content (AvgIpc) is 2.15. The average molecular weight is 188 g/mol. The summed E-state index contributed by atoms with van der Waals surface area (Å²) in [6, 6.07) is 0. The Morgan fingerprint density at radius 3 is 2.77 bits per heavy atom. The number of aliphatic hydroxyl groups is 1. The Bertz CT molecular complexity index is 130. The van der Waals surface area contributed by atoms with E-state index in [4.69, 9.17) is 9.47 Å². The van der Waals surface area contributed by atoms with Crippen LogP contribution in [0.3, 0.4) is 0 Å². The molecule has 3 heteroatoms. The molecule has 78 valence electrons. The predicted molar refractivity (Wildman–Crippen MR) is 50.7 cm³/mol. The van der Waals surface area contributed by atoms with Crippen molar-refractivity contribution in [2.75, 3.05) is 13.2 Å². The van der Waals surface area contributed by atoms with Gasteiger partial charge in [0.25, 0.3) is 0 Å². The number of hydrogen-bond acceptors (Lipinski definition) is 3. The zero-order chi connectivity index (χ0) is 9.68. The van der Waals surface area contributed by atoms with Gasteiger partial charge in [-0.1, -0.05) is 0 Å². The molecule has 0 aromatic heterocycles. The third kappa shape index (κ3) is 4.07. The van der Waals surface area contributed by atoms with Crippen LogP contribution in [-0.4, -0.2) is 36.6 Å². The van der Waals surface area contributed by atoms with E-state index in [-0.39, 0.29) is 12.2 Å². The van der Waals surface area contributed by atoms with Gasteiger partial charge in [0.15, 0.2) is 0 Å². The van der Waals surface area contributed by atoms with Crippen LogP contribution in [0, 0.1) is 0 Å². The summed E-state index contributed by atoms with van der Waals surface area (Å²) in [5.41, 5.74) is 0. The number of hydrogen-bond donors (Lipinski definition) is 1. The van der Waals surface area contributed by atoms with Crippen molar-refractivity contribution in [1.29, 1.82) is 0 Å². The van der Waals surface area contributed by atoms with Crippen LogP contribution in [0.4, 0.5) is 0 Å². The Morgan fingerprint density at radius 1 is 1.46 bits per heavy atom. The van der Waals surface area contributed by atoms with Crippen molar-refractivity contribution in [1.82, 2.24) is 0 Å². The lowest BCUT2D eigenvalue weighted by Crippen LogP contribution is -2.30. The monoisotopic (exact) mass is 188 g/mol. The molecule has 1 aliphatic rings. The second kappa shape index (κ2) is 5.58. The van der Waals surface area contributed by atoms with Gasteiger partial charge in [0.2, 0.25) is 0 Å². The summed E-state index contributed by atoms with van der Waals surface area (Å²) in [7, 11) is 0. The van der Waals surface area contributed by atoms with E-state index in [0.29, 0.717) is 6.61 Å². The second-order valence-corrected chi connectivity index (χ2v) is 3.77. The van der Waals surface area contributed by atoms with Crippen LogP contribution < -0.4 is 0 Å². The first kappa shape index (κ1) is 11.0. The summed E-state index contributed by atoms with van der Waals surface area (Å²) in [4.78, 5) is 0. The SMILES string of the molecule is CC(OCC1CCCCO1)[C@@H](C)O. The summed E-state index contributed by atoms with van der Waals surface area (Å²) in [5.74, 6) is 0. The Kier molecular flexibility index (Phi) is 4.70. The molecule has 1 aliphatic heterocycles. The van der Waals surface area contributed by atoms with Gasteiger partial charge in [-0.3, -0.25) is 0 Å². The minimum atomic E-state index is -0.399. The van der Waals surface area contributed by atoms with Crippen molar-refractivity contribution in [3.63, 3.8) is 0 Å². The molecule has 0 aromatic carbocycles. The largest absolute Gasteiger partial charge is 0.391 e. The first-order chi connectivity index (χ1) is 6.20. The maximum Gasteiger partial charge on any atom is 0.0808 e. The molecule has 1 rings (SSSR count). The molecule has 1 heterocycles. The molecular weight excluding hydrogens is 168 g/mol. The summed E-state index contributed by atoms with van der Waals surface area (Å²) < 4.78 is 11.0. The molecule has 3 atom stereocenters. The first-order valence-electron chi connectivity index (χ1n) is 5.11. The summed E-state index contributed by atoms with van der Waals surface area (Å²) in [6.07, 6.45) is 3.25. The van der Waals surface area contributed by atoms with Crippen molar-refractivity contribution in [2.45, 2.75) is 51.4 Å². The molecule has 0 amide bonds. The lowest BCUT2D eigenvalue weighted by Gasteiger charge is -2.24.